The van der Waals surface area contributed by atoms with Gasteiger partial charge in [0.2, 0.25) is 0 Å². The van der Waals surface area contributed by atoms with Gasteiger partial charge in [0, 0.05) is 22.3 Å². The maximum atomic E-state index is 10.7. The molecule has 0 aliphatic heterocycles. The van der Waals surface area contributed by atoms with Gasteiger partial charge in [0.25, 0.3) is 5.69 Å². The molecule has 0 radical (unpaired) electrons. The van der Waals surface area contributed by atoms with Gasteiger partial charge in [0.15, 0.2) is 0 Å². The first-order valence-electron chi connectivity index (χ1n) is 5.52. The van der Waals surface area contributed by atoms with Crippen LogP contribution in [0.5, 0.6) is 0 Å². The lowest BCUT2D eigenvalue weighted by atomic mass is 10.2. The molecule has 0 aliphatic rings. The van der Waals surface area contributed by atoms with Crippen LogP contribution in [0.2, 0.25) is 0 Å². The molecule has 0 N–H and O–H groups in total. The smallest absolute Gasteiger partial charge is 0.286 e. The summed E-state index contributed by atoms with van der Waals surface area (Å²) in [6.07, 6.45) is 3.25. The van der Waals surface area contributed by atoms with E-state index in [9.17, 15) is 10.1 Å². The number of hydrogen-bond acceptors (Lipinski definition) is 3. The quantitative estimate of drug-likeness (QED) is 0.478. The Hall–Kier alpha value is -1.73. The molecule has 102 valence electrons. The molecule has 3 rings (SSSR count). The summed E-state index contributed by atoms with van der Waals surface area (Å²) in [5, 5.41) is 10.7. The molecule has 0 saturated carbocycles. The van der Waals surface area contributed by atoms with Crippen molar-refractivity contribution >= 4 is 44.2 Å². The van der Waals surface area contributed by atoms with Crippen molar-refractivity contribution in [3.8, 4) is 11.3 Å². The van der Waals surface area contributed by atoms with Gasteiger partial charge in [-0.2, -0.15) is 0 Å². The fourth-order valence-corrected chi connectivity index (χ4v) is 2.11. The molecule has 7 heteroatoms. The van der Waals surface area contributed by atoms with Crippen LogP contribution in [0, 0.1) is 10.1 Å². The predicted molar refractivity (Wildman–Crippen MR) is 85.3 cm³/mol. The number of fused-ring (bicyclic) bond motifs is 1. The van der Waals surface area contributed by atoms with E-state index in [1.54, 1.807) is 16.7 Å². The minimum Gasteiger partial charge on any atom is -0.300 e. The first-order chi connectivity index (χ1) is 9.13. The maximum Gasteiger partial charge on any atom is 0.286 e. The highest BCUT2D eigenvalue weighted by Gasteiger charge is 2.09. The average Bonchev–Trinajstić information content (AvgIpc) is 2.82. The highest BCUT2D eigenvalue weighted by Crippen LogP contribution is 2.22. The van der Waals surface area contributed by atoms with E-state index in [0.29, 0.717) is 5.65 Å². The van der Waals surface area contributed by atoms with Crippen molar-refractivity contribution < 1.29 is 4.92 Å². The van der Waals surface area contributed by atoms with Crippen LogP contribution in [0.4, 0.5) is 5.69 Å². The average molecular weight is 399 g/mol. The third-order valence-electron chi connectivity index (χ3n) is 2.79. The molecule has 2 aromatic heterocycles. The van der Waals surface area contributed by atoms with Crippen LogP contribution >= 0.6 is 32.9 Å². The van der Waals surface area contributed by atoms with Crippen LogP contribution in [-0.2, 0) is 0 Å². The Morgan fingerprint density at radius 3 is 2.45 bits per heavy atom. The van der Waals surface area contributed by atoms with E-state index < -0.39 is 4.92 Å². The fraction of sp³-hybridized carbons (Fsp3) is 0. The number of nitrogens with zero attached hydrogens (tertiary/aromatic N) is 3. The maximum absolute atomic E-state index is 10.7. The van der Waals surface area contributed by atoms with Crippen molar-refractivity contribution in [2.24, 2.45) is 0 Å². The van der Waals surface area contributed by atoms with Crippen molar-refractivity contribution in [3.63, 3.8) is 0 Å². The van der Waals surface area contributed by atoms with Gasteiger partial charge < -0.3 is 0 Å². The van der Waals surface area contributed by atoms with Crippen molar-refractivity contribution in [2.45, 2.75) is 0 Å². The van der Waals surface area contributed by atoms with E-state index in [0.717, 1.165) is 15.7 Å². The van der Waals surface area contributed by atoms with E-state index in [1.807, 2.05) is 24.3 Å². The second-order valence-electron chi connectivity index (χ2n) is 4.04. The van der Waals surface area contributed by atoms with Gasteiger partial charge in [0.1, 0.15) is 5.65 Å². The zero-order chi connectivity index (χ0) is 13.4. The Morgan fingerprint density at radius 1 is 1.10 bits per heavy atom. The number of aromatic nitrogens is 2. The molecule has 0 aliphatic carbocycles. The lowest BCUT2D eigenvalue weighted by molar-refractivity contribution is -0.385. The molecule has 1 aromatic carbocycles. The summed E-state index contributed by atoms with van der Waals surface area (Å²) < 4.78 is 2.66. The number of imidazole rings is 1. The Kier molecular flexibility index (Phi) is 4.20. The summed E-state index contributed by atoms with van der Waals surface area (Å²) >= 11 is 3.38. The molecule has 0 unspecified atom stereocenters. The van der Waals surface area contributed by atoms with Crippen LogP contribution in [0.1, 0.15) is 0 Å². The molecule has 0 amide bonds. The molecule has 5 nitrogen and oxygen atoms in total. The lowest BCUT2D eigenvalue weighted by Crippen LogP contribution is -1.90. The van der Waals surface area contributed by atoms with Crippen LogP contribution in [0.15, 0.2) is 53.3 Å². The summed E-state index contributed by atoms with van der Waals surface area (Å²) in [5.41, 5.74) is 2.48. The summed E-state index contributed by atoms with van der Waals surface area (Å²) in [5.74, 6) is 0. The molecular weight excluding hydrogens is 390 g/mol. The summed E-state index contributed by atoms with van der Waals surface area (Å²) in [6, 6.07) is 10.8. The molecule has 0 bridgehead atoms. The van der Waals surface area contributed by atoms with Crippen LogP contribution in [0.3, 0.4) is 0 Å². The van der Waals surface area contributed by atoms with Crippen molar-refractivity contribution in [3.05, 3.63) is 63.4 Å². The third kappa shape index (κ3) is 2.73. The van der Waals surface area contributed by atoms with Crippen molar-refractivity contribution in [1.82, 2.24) is 9.38 Å². The highest BCUT2D eigenvalue weighted by atomic mass is 79.9. The zero-order valence-electron chi connectivity index (χ0n) is 10.1. The third-order valence-corrected chi connectivity index (χ3v) is 3.31. The minimum atomic E-state index is -0.418. The Balaban J connectivity index is 0.00000147. The Morgan fingerprint density at radius 2 is 1.80 bits per heavy atom. The molecule has 0 atom stereocenters. The second kappa shape index (κ2) is 5.72. The molecule has 2 heterocycles. The number of pyridine rings is 1. The van der Waals surface area contributed by atoms with Gasteiger partial charge in [-0.15, -0.1) is 17.0 Å². The van der Waals surface area contributed by atoms with Gasteiger partial charge in [-0.25, -0.2) is 4.98 Å². The predicted octanol–water partition coefficient (Wildman–Crippen LogP) is 4.25. The minimum absolute atomic E-state index is 0. The van der Waals surface area contributed by atoms with Gasteiger partial charge in [0.05, 0.1) is 16.8 Å². The fourth-order valence-electron chi connectivity index (χ4n) is 1.85. The van der Waals surface area contributed by atoms with E-state index >= 15 is 0 Å². The van der Waals surface area contributed by atoms with Crippen molar-refractivity contribution in [2.75, 3.05) is 0 Å². The molecule has 3 aromatic rings. The van der Waals surface area contributed by atoms with E-state index in [-0.39, 0.29) is 22.7 Å². The summed E-state index contributed by atoms with van der Waals surface area (Å²) in [6.45, 7) is 0. The topological polar surface area (TPSA) is 60.4 Å². The SMILES string of the molecule is Br.O=[N+]([O-])c1ccc2nc(-c3ccc(Br)cc3)cn2c1. The monoisotopic (exact) mass is 397 g/mol. The normalized spacial score (nSPS) is 10.2. The molecule has 0 saturated heterocycles. The molecular formula is C13H9Br2N3O2. The first kappa shape index (κ1) is 14.7. The number of rotatable bonds is 2. The van der Waals surface area contributed by atoms with Crippen LogP contribution in [0.25, 0.3) is 16.9 Å². The van der Waals surface area contributed by atoms with Crippen LogP contribution in [-0.4, -0.2) is 14.3 Å². The van der Waals surface area contributed by atoms with Gasteiger partial charge >= 0.3 is 0 Å². The number of hydrogen-bond donors (Lipinski definition) is 0. The van der Waals surface area contributed by atoms with Crippen LogP contribution < -0.4 is 0 Å². The van der Waals surface area contributed by atoms with Gasteiger partial charge in [-0.1, -0.05) is 28.1 Å². The molecule has 0 spiro atoms. The summed E-state index contributed by atoms with van der Waals surface area (Å²) in [4.78, 5) is 14.7. The largest absolute Gasteiger partial charge is 0.300 e. The van der Waals surface area contributed by atoms with Gasteiger partial charge in [-0.05, 0) is 18.2 Å². The number of nitro groups is 1. The first-order valence-corrected chi connectivity index (χ1v) is 6.32. The summed E-state index contributed by atoms with van der Waals surface area (Å²) in [7, 11) is 0. The highest BCUT2D eigenvalue weighted by molar-refractivity contribution is 9.10. The lowest BCUT2D eigenvalue weighted by Gasteiger charge is -1.95. The number of halogens is 2. The Bertz CT molecular complexity index is 769. The van der Waals surface area contributed by atoms with Gasteiger partial charge in [-0.3, -0.25) is 14.5 Å². The van der Waals surface area contributed by atoms with E-state index in [4.69, 9.17) is 0 Å². The molecule has 20 heavy (non-hydrogen) atoms. The molecule has 0 fully saturated rings. The van der Waals surface area contributed by atoms with Crippen molar-refractivity contribution in [1.29, 1.82) is 0 Å². The Labute approximate surface area is 133 Å². The zero-order valence-corrected chi connectivity index (χ0v) is 13.4. The van der Waals surface area contributed by atoms with E-state index in [2.05, 4.69) is 20.9 Å². The number of benzene rings is 1. The van der Waals surface area contributed by atoms with E-state index in [1.165, 1.54) is 12.3 Å². The standard InChI is InChI=1S/C13H8BrN3O2.BrH/c14-10-3-1-9(2-4-10)12-8-16-7-11(17(18)19)5-6-13(16)15-12;/h1-8H;1H. The second-order valence-corrected chi connectivity index (χ2v) is 4.96.